The molecule has 0 bridgehead atoms. The molecular formula is C50H35NO. The van der Waals surface area contributed by atoms with Crippen molar-refractivity contribution in [3.63, 3.8) is 0 Å². The van der Waals surface area contributed by atoms with Crippen molar-refractivity contribution in [2.75, 3.05) is 0 Å². The molecule has 2 heteroatoms. The van der Waals surface area contributed by atoms with Gasteiger partial charge in [0, 0.05) is 27.8 Å². The van der Waals surface area contributed by atoms with Crippen LogP contribution in [0.3, 0.4) is 0 Å². The van der Waals surface area contributed by atoms with Crippen molar-refractivity contribution in [3.05, 3.63) is 203 Å². The molecule has 3 aliphatic rings. The fourth-order valence-corrected chi connectivity index (χ4v) is 8.31. The summed E-state index contributed by atoms with van der Waals surface area (Å²) in [5, 5.41) is 7.08. The van der Waals surface area contributed by atoms with E-state index in [4.69, 9.17) is 9.73 Å². The van der Waals surface area contributed by atoms with E-state index >= 15 is 0 Å². The van der Waals surface area contributed by atoms with Gasteiger partial charge in [0.15, 0.2) is 0 Å². The van der Waals surface area contributed by atoms with Crippen LogP contribution in [0, 0.1) is 12.1 Å². The van der Waals surface area contributed by atoms with Gasteiger partial charge in [-0.15, -0.1) is 0 Å². The van der Waals surface area contributed by atoms with E-state index in [2.05, 4.69) is 177 Å². The molecule has 2 heterocycles. The number of ether oxygens (including phenoxy) is 1. The molecule has 2 nitrogen and oxygen atoms in total. The third kappa shape index (κ3) is 5.09. The summed E-state index contributed by atoms with van der Waals surface area (Å²) in [6.45, 7) is 2.23. The van der Waals surface area contributed by atoms with Crippen LogP contribution in [-0.2, 0) is 0 Å². The number of rotatable bonds is 4. The number of fused-ring (bicyclic) bond motifs is 9. The molecule has 0 saturated carbocycles. The van der Waals surface area contributed by atoms with Crippen LogP contribution in [0.25, 0.3) is 49.2 Å². The molecule has 10 rings (SSSR count). The predicted molar refractivity (Wildman–Crippen MR) is 217 cm³/mol. The lowest BCUT2D eigenvalue weighted by Crippen LogP contribution is -2.17. The molecule has 246 valence electrons. The summed E-state index contributed by atoms with van der Waals surface area (Å²) in [5.41, 5.74) is 11.4. The summed E-state index contributed by atoms with van der Waals surface area (Å²) in [6.07, 6.45) is 11.0. The summed E-state index contributed by atoms with van der Waals surface area (Å²) in [5.74, 6) is 1.21. The maximum atomic E-state index is 6.48. The molecule has 2 atom stereocenters. The molecule has 0 aromatic heterocycles. The number of para-hydroxylation sites is 1. The Morgan fingerprint density at radius 1 is 0.673 bits per heavy atom. The van der Waals surface area contributed by atoms with Gasteiger partial charge in [0.05, 0.1) is 17.0 Å². The average molecular weight is 666 g/mol. The van der Waals surface area contributed by atoms with Crippen molar-refractivity contribution in [3.8, 4) is 5.75 Å². The fourth-order valence-electron chi connectivity index (χ4n) is 8.31. The SMILES string of the molecule is C\C1=C(c2c#cc3c4ccccc4c4cccc(C5=CC6Oc7ccccc7C6C=C5)c4c3c2)/N=C(c2ccccc2)\C=C(\c2ccccc2)CC1. The van der Waals surface area contributed by atoms with Gasteiger partial charge in [-0.25, -0.2) is 4.99 Å². The monoisotopic (exact) mass is 665 g/mol. The zero-order chi connectivity index (χ0) is 34.6. The summed E-state index contributed by atoms with van der Waals surface area (Å²) < 4.78 is 6.48. The topological polar surface area (TPSA) is 21.6 Å². The van der Waals surface area contributed by atoms with Crippen LogP contribution in [0.5, 0.6) is 5.75 Å². The van der Waals surface area contributed by atoms with Crippen molar-refractivity contribution in [2.45, 2.75) is 31.8 Å². The fraction of sp³-hybridized carbons (Fsp3) is 0.100. The summed E-state index contributed by atoms with van der Waals surface area (Å²) in [4.78, 5) is 5.48. The first-order valence-corrected chi connectivity index (χ1v) is 18.2. The molecule has 2 unspecified atom stereocenters. The molecule has 0 amide bonds. The molecule has 7 aromatic rings. The van der Waals surface area contributed by atoms with Gasteiger partial charge in [-0.1, -0.05) is 146 Å². The minimum Gasteiger partial charge on any atom is -0.485 e. The quantitative estimate of drug-likeness (QED) is 0.172. The Morgan fingerprint density at radius 3 is 2.25 bits per heavy atom. The second-order valence-corrected chi connectivity index (χ2v) is 14.0. The van der Waals surface area contributed by atoms with Crippen LogP contribution < -0.4 is 4.74 Å². The van der Waals surface area contributed by atoms with Gasteiger partial charge in [0.25, 0.3) is 0 Å². The van der Waals surface area contributed by atoms with E-state index in [-0.39, 0.29) is 12.0 Å². The van der Waals surface area contributed by atoms with Gasteiger partial charge in [0.1, 0.15) is 11.9 Å². The highest BCUT2D eigenvalue weighted by Gasteiger charge is 2.33. The highest BCUT2D eigenvalue weighted by molar-refractivity contribution is 6.27. The zero-order valence-corrected chi connectivity index (χ0v) is 28.9. The second-order valence-electron chi connectivity index (χ2n) is 14.0. The number of allylic oxidation sites excluding steroid dienone is 5. The number of aliphatic imine (C=N–C) groups is 1. The van der Waals surface area contributed by atoms with E-state index < -0.39 is 0 Å². The van der Waals surface area contributed by atoms with Gasteiger partial charge >= 0.3 is 0 Å². The van der Waals surface area contributed by atoms with Gasteiger partial charge < -0.3 is 4.74 Å². The third-order valence-electron chi connectivity index (χ3n) is 10.9. The van der Waals surface area contributed by atoms with Crippen molar-refractivity contribution in [2.24, 2.45) is 4.99 Å². The first kappa shape index (κ1) is 30.4. The minimum atomic E-state index is -0.0304. The largest absolute Gasteiger partial charge is 0.485 e. The maximum Gasteiger partial charge on any atom is 0.128 e. The molecule has 2 aliphatic heterocycles. The van der Waals surface area contributed by atoms with Crippen molar-refractivity contribution in [1.29, 1.82) is 0 Å². The lowest BCUT2D eigenvalue weighted by molar-refractivity contribution is 0.269. The summed E-state index contributed by atoms with van der Waals surface area (Å²) in [6, 6.07) is 54.6. The molecule has 0 fully saturated rings. The third-order valence-corrected chi connectivity index (χ3v) is 10.9. The Bertz CT molecular complexity index is 2710. The number of benzene rings is 6. The Balaban J connectivity index is 1.18. The Morgan fingerprint density at radius 2 is 1.40 bits per heavy atom. The van der Waals surface area contributed by atoms with Crippen LogP contribution in [0.1, 0.15) is 53.5 Å². The lowest BCUT2D eigenvalue weighted by Gasteiger charge is -2.21. The first-order chi connectivity index (χ1) is 25.7. The molecule has 0 N–H and O–H groups in total. The highest BCUT2D eigenvalue weighted by atomic mass is 16.5. The van der Waals surface area contributed by atoms with Crippen molar-refractivity contribution < 1.29 is 4.74 Å². The molecule has 0 spiro atoms. The zero-order valence-electron chi connectivity index (χ0n) is 28.9. The van der Waals surface area contributed by atoms with E-state index in [1.807, 2.05) is 0 Å². The van der Waals surface area contributed by atoms with Crippen LogP contribution >= 0.6 is 0 Å². The van der Waals surface area contributed by atoms with Crippen molar-refractivity contribution in [1.82, 2.24) is 0 Å². The lowest BCUT2D eigenvalue weighted by atomic mass is 9.84. The van der Waals surface area contributed by atoms with Crippen molar-refractivity contribution >= 4 is 54.9 Å². The number of nitrogens with zero attached hydrogens (tertiary/aromatic N) is 1. The number of hydrogen-bond acceptors (Lipinski definition) is 2. The molecule has 7 aromatic carbocycles. The first-order valence-electron chi connectivity index (χ1n) is 18.2. The van der Waals surface area contributed by atoms with Crippen LogP contribution in [0.2, 0.25) is 0 Å². The van der Waals surface area contributed by atoms with Crippen LogP contribution in [0.15, 0.2) is 168 Å². The maximum absolute atomic E-state index is 6.48. The van der Waals surface area contributed by atoms with Gasteiger partial charge in [-0.2, -0.15) is 0 Å². The Hall–Kier alpha value is -6.43. The molecular weight excluding hydrogens is 631 g/mol. The van der Waals surface area contributed by atoms with E-state index in [0.29, 0.717) is 0 Å². The van der Waals surface area contributed by atoms with Gasteiger partial charge in [0.2, 0.25) is 0 Å². The van der Waals surface area contributed by atoms with Gasteiger partial charge in [-0.3, -0.25) is 0 Å². The smallest absolute Gasteiger partial charge is 0.128 e. The van der Waals surface area contributed by atoms with E-state index in [9.17, 15) is 0 Å². The summed E-state index contributed by atoms with van der Waals surface area (Å²) >= 11 is 0. The average Bonchev–Trinajstić information content (AvgIpc) is 3.58. The van der Waals surface area contributed by atoms with Gasteiger partial charge in [-0.05, 0) is 93.4 Å². The number of hydrogen-bond donors (Lipinski definition) is 0. The van der Waals surface area contributed by atoms with E-state index in [1.54, 1.807) is 0 Å². The minimum absolute atomic E-state index is 0.0304. The standard InChI is InChI=1S/C50H35NO/c1-32-23-24-35(33-13-4-2-5-14-33)30-46(34-15-6-3-7-16-34)51-50(32)37-26-27-41-39-17-8-9-18-40(39)44-21-12-20-38(49(44)45(41)29-37)36-25-28-43-42-19-10-11-22-47(42)52-48(43)31-36/h2-22,25,28-31,43,48H,23-24H2,1H3/b35-30+,50-32+,51-46+. The molecule has 0 saturated heterocycles. The normalized spacial score (nSPS) is 21.5. The van der Waals surface area contributed by atoms with Crippen LogP contribution in [-0.4, -0.2) is 11.8 Å². The second kappa shape index (κ2) is 12.4. The Labute approximate surface area is 304 Å². The van der Waals surface area contributed by atoms with E-state index in [0.717, 1.165) is 51.9 Å². The van der Waals surface area contributed by atoms with E-state index in [1.165, 1.54) is 55.0 Å². The molecule has 0 radical (unpaired) electrons. The van der Waals surface area contributed by atoms with Crippen LogP contribution in [0.4, 0.5) is 0 Å². The Kier molecular flexibility index (Phi) is 7.25. The molecule has 52 heavy (non-hydrogen) atoms. The summed E-state index contributed by atoms with van der Waals surface area (Å²) in [7, 11) is 0. The molecule has 1 aliphatic carbocycles. The predicted octanol–water partition coefficient (Wildman–Crippen LogP) is 12.3. The highest BCUT2D eigenvalue weighted by Crippen LogP contribution is 2.45.